The number of hydrogen-bond acceptors (Lipinski definition) is 8. The van der Waals surface area contributed by atoms with Crippen molar-refractivity contribution in [2.24, 2.45) is 34.8 Å². The Hall–Kier alpha value is -1.88. The Morgan fingerprint density at radius 1 is 1.04 bits per heavy atom. The lowest BCUT2D eigenvalue weighted by Gasteiger charge is -2.33. The van der Waals surface area contributed by atoms with Crippen molar-refractivity contribution in [3.05, 3.63) is 40.4 Å². The Kier molecular flexibility index (Phi) is 15.3. The molecule has 2 saturated carbocycles. The minimum atomic E-state index is -3.33. The average Bonchev–Trinajstić information content (AvgIpc) is 3.87. The first-order valence-corrected chi connectivity index (χ1v) is 20.7. The number of rotatable bonds is 21. The van der Waals surface area contributed by atoms with Crippen LogP contribution >= 0.6 is 0 Å². The van der Waals surface area contributed by atoms with Gasteiger partial charge in [-0.05, 0) is 100 Å². The molecule has 0 aromatic heterocycles. The van der Waals surface area contributed by atoms with E-state index in [1.165, 1.54) is 24.0 Å². The second-order valence-corrected chi connectivity index (χ2v) is 18.3. The van der Waals surface area contributed by atoms with Crippen molar-refractivity contribution in [3.63, 3.8) is 0 Å². The van der Waals surface area contributed by atoms with Gasteiger partial charge in [-0.3, -0.25) is 4.79 Å². The number of carbonyl (C=O) groups excluding carboxylic acids is 1. The number of nitrogens with zero attached hydrogens (tertiary/aromatic N) is 2. The maximum atomic E-state index is 14.1. The summed E-state index contributed by atoms with van der Waals surface area (Å²) in [4.78, 5) is 28.3. The van der Waals surface area contributed by atoms with E-state index in [1.54, 1.807) is 0 Å². The van der Waals surface area contributed by atoms with Gasteiger partial charge in [0.05, 0.1) is 29.7 Å². The van der Waals surface area contributed by atoms with Crippen molar-refractivity contribution in [2.75, 3.05) is 38.7 Å². The number of nitrogens with one attached hydrogen (secondary N) is 2. The van der Waals surface area contributed by atoms with E-state index in [2.05, 4.69) is 40.1 Å². The predicted octanol–water partition coefficient (Wildman–Crippen LogP) is 5.95. The molecule has 0 aromatic carbocycles. The minimum Gasteiger partial charge on any atom is -0.391 e. The molecule has 1 amide bonds. The van der Waals surface area contributed by atoms with E-state index in [-0.39, 0.29) is 29.2 Å². The molecule has 6 atom stereocenters. The number of aliphatic hydroxyl groups excluding tert-OH is 1. The van der Waals surface area contributed by atoms with E-state index in [1.807, 2.05) is 32.8 Å². The Balaban J connectivity index is 1.51. The maximum absolute atomic E-state index is 14.1. The van der Waals surface area contributed by atoms with Crippen molar-refractivity contribution < 1.29 is 18.3 Å². The normalized spacial score (nSPS) is 23.5. The van der Waals surface area contributed by atoms with Gasteiger partial charge in [-0.2, -0.15) is 4.91 Å². The van der Waals surface area contributed by atoms with Gasteiger partial charge in [0.2, 0.25) is 5.91 Å². The van der Waals surface area contributed by atoms with Crippen LogP contribution < -0.4 is 10.6 Å². The first kappa shape index (κ1) is 38.9. The average molecular weight is 689 g/mol. The number of allylic oxidation sites excluding steroid dienone is 6. The van der Waals surface area contributed by atoms with Crippen molar-refractivity contribution in [3.8, 4) is 0 Å². The molecule has 0 saturated heterocycles. The standard InChI is InChI=1S/C38H64N4O5S/c1-27(2)21-36(43)37(41-45)34(23-28-11-6-5-7-12-28)40-38(44)35(24-29-17-18-29)39-25-30(26-48(46,47)20-19-42(3)4)22-32-15-10-14-31-13-8-9-16-33(31)32/h10,14-16,27-31,34-37,39,43H,5-9,11-13,17-26H2,1-4H3,(H,40,44)/t30-,31?,34-,35-,36-,37?/m0/s1. The van der Waals surface area contributed by atoms with Crippen LogP contribution in [0.4, 0.5) is 0 Å². The molecule has 4 rings (SSSR count). The van der Waals surface area contributed by atoms with Crippen molar-refractivity contribution in [1.29, 1.82) is 0 Å². The van der Waals surface area contributed by atoms with E-state index in [0.717, 1.165) is 51.4 Å². The monoisotopic (exact) mass is 688 g/mol. The summed E-state index contributed by atoms with van der Waals surface area (Å²) >= 11 is 0. The maximum Gasteiger partial charge on any atom is 0.237 e. The third-order valence-corrected chi connectivity index (χ3v) is 12.6. The van der Waals surface area contributed by atoms with Crippen molar-refractivity contribution >= 4 is 15.7 Å². The van der Waals surface area contributed by atoms with Crippen LogP contribution in [0, 0.1) is 34.5 Å². The number of nitroso groups, excluding NO2 is 1. The zero-order valence-electron chi connectivity index (χ0n) is 30.1. The van der Waals surface area contributed by atoms with Crippen LogP contribution in [0.2, 0.25) is 0 Å². The van der Waals surface area contributed by atoms with Crippen LogP contribution in [0.15, 0.2) is 40.6 Å². The highest BCUT2D eigenvalue weighted by Crippen LogP contribution is 2.37. The van der Waals surface area contributed by atoms with Crippen LogP contribution in [0.5, 0.6) is 0 Å². The molecular formula is C38H64N4O5S. The lowest BCUT2D eigenvalue weighted by Crippen LogP contribution is -2.54. The Labute approximate surface area is 290 Å². The molecule has 2 fully saturated rings. The van der Waals surface area contributed by atoms with Gasteiger partial charge in [0.25, 0.3) is 0 Å². The molecule has 0 bridgehead atoms. The molecule has 9 nitrogen and oxygen atoms in total. The van der Waals surface area contributed by atoms with E-state index >= 15 is 0 Å². The first-order chi connectivity index (χ1) is 22.9. The fourth-order valence-corrected chi connectivity index (χ4v) is 9.75. The second kappa shape index (κ2) is 18.9. The molecular weight excluding hydrogens is 625 g/mol. The highest BCUT2D eigenvalue weighted by molar-refractivity contribution is 7.91. The minimum absolute atomic E-state index is 0.0629. The smallest absolute Gasteiger partial charge is 0.237 e. The number of aliphatic hydroxyl groups is 1. The van der Waals surface area contributed by atoms with E-state index in [9.17, 15) is 23.2 Å². The molecule has 10 heteroatoms. The molecule has 48 heavy (non-hydrogen) atoms. The summed E-state index contributed by atoms with van der Waals surface area (Å²) in [5.41, 5.74) is 2.55. The summed E-state index contributed by atoms with van der Waals surface area (Å²) in [7, 11) is 0.449. The van der Waals surface area contributed by atoms with Crippen molar-refractivity contribution in [1.82, 2.24) is 15.5 Å². The molecule has 0 aromatic rings. The SMILES string of the molecule is CC(C)C[C@H](O)C(N=O)[C@H](CC1CCCCC1)NC(=O)[C@H](CC1CC1)NC[C@H](CC1=CC=CC2CCCC=C12)CS(=O)(=O)CCN(C)C. The first-order valence-electron chi connectivity index (χ1n) is 18.9. The number of carbonyl (C=O) groups is 1. The number of hydrogen-bond donors (Lipinski definition) is 3. The third-order valence-electron chi connectivity index (χ3n) is 10.9. The van der Waals surface area contributed by atoms with Crippen LogP contribution in [-0.4, -0.2) is 87.3 Å². The van der Waals surface area contributed by atoms with Gasteiger partial charge in [0, 0.05) is 12.5 Å². The van der Waals surface area contributed by atoms with E-state index in [4.69, 9.17) is 0 Å². The molecule has 0 aliphatic heterocycles. The Morgan fingerprint density at radius 2 is 1.77 bits per heavy atom. The van der Waals surface area contributed by atoms with Crippen LogP contribution in [0.1, 0.15) is 104 Å². The largest absolute Gasteiger partial charge is 0.391 e. The van der Waals surface area contributed by atoms with E-state index in [0.29, 0.717) is 56.5 Å². The number of sulfone groups is 1. The van der Waals surface area contributed by atoms with Crippen LogP contribution in [0.25, 0.3) is 0 Å². The molecule has 0 radical (unpaired) electrons. The Bertz CT molecular complexity index is 1240. The van der Waals surface area contributed by atoms with Gasteiger partial charge in [-0.25, -0.2) is 8.42 Å². The van der Waals surface area contributed by atoms with Gasteiger partial charge >= 0.3 is 0 Å². The molecule has 4 aliphatic carbocycles. The lowest BCUT2D eigenvalue weighted by atomic mass is 9.78. The summed E-state index contributed by atoms with van der Waals surface area (Å²) in [5.74, 6) is 1.25. The number of amides is 1. The van der Waals surface area contributed by atoms with Gasteiger partial charge in [0.1, 0.15) is 6.04 Å². The zero-order valence-corrected chi connectivity index (χ0v) is 30.9. The van der Waals surface area contributed by atoms with Crippen molar-refractivity contribution in [2.45, 2.75) is 128 Å². The fraction of sp³-hybridized carbons (Fsp3) is 0.816. The zero-order chi connectivity index (χ0) is 34.7. The van der Waals surface area contributed by atoms with Crippen LogP contribution in [0.3, 0.4) is 0 Å². The summed E-state index contributed by atoms with van der Waals surface area (Å²) in [6, 6.07) is -1.95. The third kappa shape index (κ3) is 12.8. The van der Waals surface area contributed by atoms with Gasteiger partial charge < -0.3 is 20.6 Å². The van der Waals surface area contributed by atoms with Gasteiger partial charge in [-0.1, -0.05) is 88.3 Å². The molecule has 4 aliphatic rings. The molecule has 0 heterocycles. The quantitative estimate of drug-likeness (QED) is 0.127. The second-order valence-electron chi connectivity index (χ2n) is 16.0. The molecule has 272 valence electrons. The molecule has 0 spiro atoms. The van der Waals surface area contributed by atoms with Gasteiger partial charge in [0.15, 0.2) is 9.84 Å². The predicted molar refractivity (Wildman–Crippen MR) is 195 cm³/mol. The molecule has 2 unspecified atom stereocenters. The van der Waals surface area contributed by atoms with Crippen LogP contribution in [-0.2, 0) is 14.6 Å². The summed E-state index contributed by atoms with van der Waals surface area (Å²) in [5, 5.41) is 21.2. The Morgan fingerprint density at radius 3 is 2.44 bits per heavy atom. The summed E-state index contributed by atoms with van der Waals surface area (Å²) < 4.78 is 26.7. The highest BCUT2D eigenvalue weighted by Gasteiger charge is 2.37. The highest BCUT2D eigenvalue weighted by atomic mass is 32.2. The van der Waals surface area contributed by atoms with Gasteiger partial charge in [-0.15, -0.1) is 0 Å². The fourth-order valence-electron chi connectivity index (χ4n) is 7.99. The number of fused-ring (bicyclic) bond motifs is 1. The summed E-state index contributed by atoms with van der Waals surface area (Å²) in [6.07, 6.45) is 21.5. The molecule has 3 N–H and O–H groups in total. The lowest BCUT2D eigenvalue weighted by molar-refractivity contribution is -0.124. The topological polar surface area (TPSA) is 128 Å². The van der Waals surface area contributed by atoms with E-state index < -0.39 is 34.1 Å². The summed E-state index contributed by atoms with van der Waals surface area (Å²) in [6.45, 7) is 4.91.